The Balaban J connectivity index is 1.56. The molecule has 3 heterocycles. The van der Waals surface area contributed by atoms with E-state index in [2.05, 4.69) is 37.4 Å². The van der Waals surface area contributed by atoms with E-state index < -0.39 is 5.60 Å². The summed E-state index contributed by atoms with van der Waals surface area (Å²) in [4.78, 5) is 14.2. The molecule has 6 heteroatoms. The van der Waals surface area contributed by atoms with Crippen LogP contribution < -0.4 is 5.32 Å². The summed E-state index contributed by atoms with van der Waals surface area (Å²) in [7, 11) is 0. The number of hydrogen-bond acceptors (Lipinski definition) is 4. The first kappa shape index (κ1) is 17.3. The number of carbonyl (C=O) groups excluding carboxylic acids is 1. The molecule has 3 atom stereocenters. The van der Waals surface area contributed by atoms with Crippen LogP contribution in [0.25, 0.3) is 0 Å². The topological polar surface area (TPSA) is 59.4 Å². The molecule has 1 aliphatic carbocycles. The van der Waals surface area contributed by atoms with Crippen LogP contribution in [0, 0.1) is 12.8 Å². The minimum absolute atomic E-state index is 0.178. The quantitative estimate of drug-likeness (QED) is 0.920. The predicted octanol–water partition coefficient (Wildman–Crippen LogP) is 2.87. The monoisotopic (exact) mass is 334 g/mol. The molecule has 4 rings (SSSR count). The van der Waals surface area contributed by atoms with Gasteiger partial charge in [0, 0.05) is 36.9 Å². The van der Waals surface area contributed by atoms with E-state index in [1.54, 1.807) is 0 Å². The number of carbonyl (C=O) groups is 1. The highest BCUT2D eigenvalue weighted by Crippen LogP contribution is 2.41. The molecule has 1 aromatic rings. The van der Waals surface area contributed by atoms with E-state index in [0.29, 0.717) is 18.0 Å². The van der Waals surface area contributed by atoms with E-state index in [-0.39, 0.29) is 12.1 Å². The van der Waals surface area contributed by atoms with Crippen molar-refractivity contribution in [3.8, 4) is 0 Å². The van der Waals surface area contributed by atoms with Gasteiger partial charge in [0.25, 0.3) is 0 Å². The number of rotatable bonds is 4. The molecular formula is C18H30N4O2. The minimum atomic E-state index is -0.435. The molecule has 6 nitrogen and oxygen atoms in total. The zero-order valence-electron chi connectivity index (χ0n) is 15.7. The third-order valence-corrected chi connectivity index (χ3v) is 5.00. The van der Waals surface area contributed by atoms with E-state index in [1.165, 1.54) is 5.56 Å². The standard InChI is InChI=1S/C18H30N4O2/c1-11(2)22-10-14(12(3)20-22)8-19-16-13-7-15(16)21(9-13)17(23)24-18(4,5)6/h10-11,13,15-16,19H,7-9H2,1-6H3. The van der Waals surface area contributed by atoms with Crippen LogP contribution in [-0.2, 0) is 11.3 Å². The number of nitrogens with zero attached hydrogens (tertiary/aromatic N) is 3. The largest absolute Gasteiger partial charge is 0.444 e. The molecular weight excluding hydrogens is 304 g/mol. The molecule has 2 bridgehead atoms. The number of aryl methyl sites for hydroxylation is 1. The van der Waals surface area contributed by atoms with E-state index in [4.69, 9.17) is 4.74 Å². The molecule has 1 aromatic heterocycles. The molecule has 3 fully saturated rings. The summed E-state index contributed by atoms with van der Waals surface area (Å²) in [5, 5.41) is 8.20. The lowest BCUT2D eigenvalue weighted by Crippen LogP contribution is -2.53. The molecule has 3 aliphatic rings. The van der Waals surface area contributed by atoms with Gasteiger partial charge in [-0.2, -0.15) is 5.10 Å². The van der Waals surface area contributed by atoms with Crippen LogP contribution >= 0.6 is 0 Å². The van der Waals surface area contributed by atoms with Crippen LogP contribution in [-0.4, -0.2) is 45.0 Å². The van der Waals surface area contributed by atoms with E-state index in [9.17, 15) is 4.79 Å². The molecule has 24 heavy (non-hydrogen) atoms. The predicted molar refractivity (Wildman–Crippen MR) is 92.8 cm³/mol. The van der Waals surface area contributed by atoms with Crippen LogP contribution in [0.2, 0.25) is 0 Å². The Morgan fingerprint density at radius 3 is 2.75 bits per heavy atom. The first-order chi connectivity index (χ1) is 11.2. The molecule has 0 spiro atoms. The van der Waals surface area contributed by atoms with Gasteiger partial charge in [0.15, 0.2) is 0 Å². The average molecular weight is 334 g/mol. The number of hydrogen-bond donors (Lipinski definition) is 1. The fourth-order valence-corrected chi connectivity index (χ4v) is 3.64. The summed E-state index contributed by atoms with van der Waals surface area (Å²) in [6, 6.07) is 1.02. The minimum Gasteiger partial charge on any atom is -0.444 e. The second-order valence-electron chi connectivity index (χ2n) is 8.42. The molecule has 3 unspecified atom stereocenters. The summed E-state index contributed by atoms with van der Waals surface area (Å²) in [5.41, 5.74) is 1.88. The lowest BCUT2D eigenvalue weighted by molar-refractivity contribution is 0.0223. The Labute approximate surface area is 144 Å². The molecule has 1 N–H and O–H groups in total. The highest BCUT2D eigenvalue weighted by atomic mass is 16.6. The number of nitrogens with one attached hydrogen (secondary N) is 1. The molecule has 2 saturated heterocycles. The first-order valence-corrected chi connectivity index (χ1v) is 8.93. The third kappa shape index (κ3) is 3.29. The molecule has 2 aliphatic heterocycles. The molecule has 134 valence electrons. The van der Waals surface area contributed by atoms with Gasteiger partial charge in [-0.15, -0.1) is 0 Å². The Kier molecular flexibility index (Phi) is 4.36. The maximum Gasteiger partial charge on any atom is 0.410 e. The van der Waals surface area contributed by atoms with Gasteiger partial charge in [0.05, 0.1) is 11.7 Å². The van der Waals surface area contributed by atoms with Gasteiger partial charge in [-0.25, -0.2) is 4.79 Å². The lowest BCUT2D eigenvalue weighted by Gasteiger charge is -2.37. The Hall–Kier alpha value is -1.56. The summed E-state index contributed by atoms with van der Waals surface area (Å²) in [6.45, 7) is 13.7. The van der Waals surface area contributed by atoms with Crippen molar-refractivity contribution in [1.29, 1.82) is 0 Å². The molecule has 0 radical (unpaired) electrons. The lowest BCUT2D eigenvalue weighted by atomic mass is 9.80. The fraction of sp³-hybridized carbons (Fsp3) is 0.778. The maximum absolute atomic E-state index is 12.3. The van der Waals surface area contributed by atoms with Crippen molar-refractivity contribution in [3.05, 3.63) is 17.5 Å². The van der Waals surface area contributed by atoms with Crippen LogP contribution in [0.5, 0.6) is 0 Å². The Morgan fingerprint density at radius 2 is 2.17 bits per heavy atom. The fourth-order valence-electron chi connectivity index (χ4n) is 3.64. The summed E-state index contributed by atoms with van der Waals surface area (Å²) in [5.74, 6) is 0.544. The summed E-state index contributed by atoms with van der Waals surface area (Å²) < 4.78 is 7.53. The van der Waals surface area contributed by atoms with Crippen LogP contribution in [0.15, 0.2) is 6.20 Å². The van der Waals surface area contributed by atoms with Gasteiger partial charge >= 0.3 is 6.09 Å². The van der Waals surface area contributed by atoms with Gasteiger partial charge in [-0.05, 0) is 53.9 Å². The normalized spacial score (nSPS) is 26.0. The van der Waals surface area contributed by atoms with Gasteiger partial charge in [-0.1, -0.05) is 0 Å². The molecule has 1 saturated carbocycles. The van der Waals surface area contributed by atoms with Crippen molar-refractivity contribution < 1.29 is 9.53 Å². The van der Waals surface area contributed by atoms with Crippen LogP contribution in [0.4, 0.5) is 4.79 Å². The van der Waals surface area contributed by atoms with Gasteiger partial charge < -0.3 is 15.0 Å². The van der Waals surface area contributed by atoms with Crippen LogP contribution in [0.3, 0.4) is 0 Å². The maximum atomic E-state index is 12.3. The second-order valence-corrected chi connectivity index (χ2v) is 8.42. The number of aromatic nitrogens is 2. The van der Waals surface area contributed by atoms with Gasteiger partial charge in [0.1, 0.15) is 5.60 Å². The van der Waals surface area contributed by atoms with E-state index in [1.807, 2.05) is 30.4 Å². The second kappa shape index (κ2) is 6.06. The highest BCUT2D eigenvalue weighted by Gasteiger charge is 2.54. The van der Waals surface area contributed by atoms with E-state index in [0.717, 1.165) is 25.2 Å². The zero-order chi connectivity index (χ0) is 17.6. The number of amides is 1. The summed E-state index contributed by atoms with van der Waals surface area (Å²) >= 11 is 0. The average Bonchev–Trinajstić information content (AvgIpc) is 3.10. The third-order valence-electron chi connectivity index (χ3n) is 5.00. The molecule has 0 aromatic carbocycles. The van der Waals surface area contributed by atoms with Gasteiger partial charge in [0.2, 0.25) is 0 Å². The summed E-state index contributed by atoms with van der Waals surface area (Å²) in [6.07, 6.45) is 3.03. The highest BCUT2D eigenvalue weighted by molar-refractivity contribution is 5.70. The first-order valence-electron chi connectivity index (χ1n) is 8.93. The number of ether oxygens (including phenoxy) is 1. The SMILES string of the molecule is Cc1nn(C(C)C)cc1CNC1C2CC1N(C(=O)OC(C)(C)C)C2. The number of fused-ring (bicyclic) bond motifs is 1. The smallest absolute Gasteiger partial charge is 0.410 e. The van der Waals surface area contributed by atoms with E-state index >= 15 is 0 Å². The van der Waals surface area contributed by atoms with Crippen molar-refractivity contribution in [3.63, 3.8) is 0 Å². The van der Waals surface area contributed by atoms with Crippen molar-refractivity contribution >= 4 is 6.09 Å². The Morgan fingerprint density at radius 1 is 1.46 bits per heavy atom. The molecule has 1 amide bonds. The Bertz CT molecular complexity index is 617. The van der Waals surface area contributed by atoms with Crippen molar-refractivity contribution in [1.82, 2.24) is 20.0 Å². The zero-order valence-corrected chi connectivity index (χ0v) is 15.7. The van der Waals surface area contributed by atoms with Crippen molar-refractivity contribution in [2.24, 2.45) is 5.92 Å². The van der Waals surface area contributed by atoms with Crippen molar-refractivity contribution in [2.75, 3.05) is 6.54 Å². The van der Waals surface area contributed by atoms with Crippen molar-refractivity contribution in [2.45, 2.75) is 78.2 Å². The van der Waals surface area contributed by atoms with Crippen LogP contribution in [0.1, 0.15) is 58.3 Å². The van der Waals surface area contributed by atoms with Gasteiger partial charge in [-0.3, -0.25) is 4.68 Å².